The molecule has 5 nitrogen and oxygen atoms in total. The number of hydrogen-bond acceptors (Lipinski definition) is 3. The van der Waals surface area contributed by atoms with Gasteiger partial charge in [0.15, 0.2) is 5.96 Å². The zero-order valence-electron chi connectivity index (χ0n) is 14.3. The molecule has 1 spiro atoms. The zero-order chi connectivity index (χ0) is 16.1. The maximum atomic E-state index is 5.62. The lowest BCUT2D eigenvalue weighted by molar-refractivity contribution is 0.156. The van der Waals surface area contributed by atoms with Gasteiger partial charge in [-0.2, -0.15) is 0 Å². The van der Waals surface area contributed by atoms with E-state index in [1.54, 1.807) is 0 Å². The van der Waals surface area contributed by atoms with Gasteiger partial charge in [-0.05, 0) is 44.7 Å². The molecule has 3 rings (SSSR count). The number of rotatable bonds is 4. The second kappa shape index (κ2) is 7.30. The minimum Gasteiger partial charge on any atom is -0.381 e. The Morgan fingerprint density at radius 3 is 3.04 bits per heavy atom. The molecule has 0 saturated carbocycles. The molecule has 1 aromatic rings. The van der Waals surface area contributed by atoms with Crippen LogP contribution in [0.3, 0.4) is 0 Å². The number of hydrogen-bond donors (Lipinski definition) is 1. The quantitative estimate of drug-likeness (QED) is 0.682. The van der Waals surface area contributed by atoms with Crippen LogP contribution in [0.4, 0.5) is 0 Å². The molecule has 2 aliphatic heterocycles. The first-order valence-corrected chi connectivity index (χ1v) is 8.73. The van der Waals surface area contributed by atoms with Gasteiger partial charge in [-0.15, -0.1) is 0 Å². The summed E-state index contributed by atoms with van der Waals surface area (Å²) in [6.07, 6.45) is 5.31. The second-order valence-electron chi connectivity index (χ2n) is 6.77. The molecule has 2 aliphatic rings. The van der Waals surface area contributed by atoms with E-state index in [9.17, 15) is 0 Å². The Kier molecular flexibility index (Phi) is 5.16. The molecule has 0 amide bonds. The second-order valence-corrected chi connectivity index (χ2v) is 6.77. The van der Waals surface area contributed by atoms with Crippen molar-refractivity contribution in [1.82, 2.24) is 15.2 Å². The normalized spacial score (nSPS) is 24.6. The average molecular weight is 316 g/mol. The number of likely N-dealkylation sites (tertiary alicyclic amines) is 1. The molecule has 1 unspecified atom stereocenters. The van der Waals surface area contributed by atoms with E-state index < -0.39 is 0 Å². The lowest BCUT2D eigenvalue weighted by Gasteiger charge is -2.25. The topological polar surface area (TPSA) is 49.8 Å². The summed E-state index contributed by atoms with van der Waals surface area (Å²) in [5.74, 6) is 1.05. The van der Waals surface area contributed by atoms with Crippen molar-refractivity contribution in [2.45, 2.75) is 33.1 Å². The van der Waals surface area contributed by atoms with Crippen LogP contribution in [-0.4, -0.2) is 55.2 Å². The smallest absolute Gasteiger partial charge is 0.193 e. The van der Waals surface area contributed by atoms with Crippen LogP contribution in [0.1, 0.15) is 31.0 Å². The maximum Gasteiger partial charge on any atom is 0.193 e. The standard InChI is InChI=1S/C18H28N4O/c1-3-19-17(20-9-6-16-5-4-15(2)21-12-16)22-10-7-18(13-22)8-11-23-14-18/h4-5,12H,3,6-11,13-14H2,1-2H3,(H,19,20). The first kappa shape index (κ1) is 16.2. The number of aryl methyl sites for hydroxylation is 1. The van der Waals surface area contributed by atoms with Gasteiger partial charge in [-0.1, -0.05) is 6.07 Å². The third-order valence-corrected chi connectivity index (χ3v) is 4.89. The molecule has 1 aromatic heterocycles. The van der Waals surface area contributed by atoms with Gasteiger partial charge in [-0.25, -0.2) is 0 Å². The van der Waals surface area contributed by atoms with Crippen molar-refractivity contribution in [1.29, 1.82) is 0 Å². The Morgan fingerprint density at radius 1 is 1.43 bits per heavy atom. The third kappa shape index (κ3) is 4.02. The minimum absolute atomic E-state index is 0.372. The van der Waals surface area contributed by atoms with Crippen molar-refractivity contribution < 1.29 is 4.74 Å². The van der Waals surface area contributed by atoms with Crippen molar-refractivity contribution >= 4 is 5.96 Å². The number of nitrogens with zero attached hydrogens (tertiary/aromatic N) is 3. The van der Waals surface area contributed by atoms with Crippen LogP contribution in [0.5, 0.6) is 0 Å². The average Bonchev–Trinajstić information content (AvgIpc) is 3.19. The molecule has 23 heavy (non-hydrogen) atoms. The molecular weight excluding hydrogens is 288 g/mol. The third-order valence-electron chi connectivity index (χ3n) is 4.89. The molecule has 2 saturated heterocycles. The summed E-state index contributed by atoms with van der Waals surface area (Å²) >= 11 is 0. The van der Waals surface area contributed by atoms with Gasteiger partial charge in [0.05, 0.1) is 6.61 Å². The molecule has 1 N–H and O–H groups in total. The first-order valence-electron chi connectivity index (χ1n) is 8.73. The van der Waals surface area contributed by atoms with E-state index in [2.05, 4.69) is 34.3 Å². The van der Waals surface area contributed by atoms with Crippen molar-refractivity contribution in [3.05, 3.63) is 29.6 Å². The number of aliphatic imine (C=N–C) groups is 1. The molecule has 3 heterocycles. The van der Waals surface area contributed by atoms with Gasteiger partial charge in [0.1, 0.15) is 0 Å². The van der Waals surface area contributed by atoms with E-state index in [1.807, 2.05) is 13.1 Å². The Balaban J connectivity index is 1.58. The Labute approximate surface area is 139 Å². The molecular formula is C18H28N4O. The lowest BCUT2D eigenvalue weighted by atomic mass is 9.87. The van der Waals surface area contributed by atoms with Crippen molar-refractivity contribution in [2.24, 2.45) is 10.4 Å². The van der Waals surface area contributed by atoms with Crippen molar-refractivity contribution in [2.75, 3.05) is 39.4 Å². The van der Waals surface area contributed by atoms with Gasteiger partial charge < -0.3 is 15.0 Å². The SMILES string of the molecule is CCNC(=NCCc1ccc(C)nc1)N1CCC2(CCOC2)C1. The highest BCUT2D eigenvalue weighted by Crippen LogP contribution is 2.38. The van der Waals surface area contributed by atoms with Crippen LogP contribution in [0.25, 0.3) is 0 Å². The monoisotopic (exact) mass is 316 g/mol. The van der Waals surface area contributed by atoms with Gasteiger partial charge >= 0.3 is 0 Å². The molecule has 0 aromatic carbocycles. The highest BCUT2D eigenvalue weighted by Gasteiger charge is 2.42. The van der Waals surface area contributed by atoms with E-state index in [-0.39, 0.29) is 0 Å². The summed E-state index contributed by atoms with van der Waals surface area (Å²) in [6, 6.07) is 4.21. The Bertz CT molecular complexity index is 534. The highest BCUT2D eigenvalue weighted by atomic mass is 16.5. The number of nitrogens with one attached hydrogen (secondary N) is 1. The highest BCUT2D eigenvalue weighted by molar-refractivity contribution is 5.80. The number of guanidine groups is 1. The summed E-state index contributed by atoms with van der Waals surface area (Å²) in [5, 5.41) is 3.45. The molecule has 1 atom stereocenters. The van der Waals surface area contributed by atoms with Crippen molar-refractivity contribution in [3.8, 4) is 0 Å². The fraction of sp³-hybridized carbons (Fsp3) is 0.667. The molecule has 0 aliphatic carbocycles. The minimum atomic E-state index is 0.372. The summed E-state index contributed by atoms with van der Waals surface area (Å²) in [5.41, 5.74) is 2.68. The van der Waals surface area contributed by atoms with Crippen LogP contribution in [0.2, 0.25) is 0 Å². The lowest BCUT2D eigenvalue weighted by Crippen LogP contribution is -2.41. The van der Waals surface area contributed by atoms with Gasteiger partial charge in [0.2, 0.25) is 0 Å². The maximum absolute atomic E-state index is 5.62. The number of pyridine rings is 1. The van der Waals surface area contributed by atoms with Crippen molar-refractivity contribution in [3.63, 3.8) is 0 Å². The largest absolute Gasteiger partial charge is 0.381 e. The summed E-state index contributed by atoms with van der Waals surface area (Å²) < 4.78 is 5.62. The predicted octanol–water partition coefficient (Wildman–Crippen LogP) is 2.01. The van der Waals surface area contributed by atoms with Crippen LogP contribution in [-0.2, 0) is 11.2 Å². The number of ether oxygens (including phenoxy) is 1. The van der Waals surface area contributed by atoms with Crippen LogP contribution in [0, 0.1) is 12.3 Å². The van der Waals surface area contributed by atoms with E-state index >= 15 is 0 Å². The molecule has 2 fully saturated rings. The van der Waals surface area contributed by atoms with E-state index in [4.69, 9.17) is 9.73 Å². The fourth-order valence-corrected chi connectivity index (χ4v) is 3.45. The summed E-state index contributed by atoms with van der Waals surface area (Å²) in [4.78, 5) is 11.6. The van der Waals surface area contributed by atoms with E-state index in [0.29, 0.717) is 5.41 Å². The Morgan fingerprint density at radius 2 is 2.35 bits per heavy atom. The molecule has 0 bridgehead atoms. The Hall–Kier alpha value is -1.62. The fourth-order valence-electron chi connectivity index (χ4n) is 3.45. The van der Waals surface area contributed by atoms with Gasteiger partial charge in [0.25, 0.3) is 0 Å². The summed E-state index contributed by atoms with van der Waals surface area (Å²) in [7, 11) is 0. The van der Waals surface area contributed by atoms with Crippen LogP contribution in [0.15, 0.2) is 23.3 Å². The molecule has 126 valence electrons. The van der Waals surface area contributed by atoms with Crippen LogP contribution >= 0.6 is 0 Å². The first-order chi connectivity index (χ1) is 11.2. The van der Waals surface area contributed by atoms with E-state index in [1.165, 1.54) is 18.4 Å². The predicted molar refractivity (Wildman–Crippen MR) is 92.7 cm³/mol. The van der Waals surface area contributed by atoms with Gasteiger partial charge in [-0.3, -0.25) is 9.98 Å². The van der Waals surface area contributed by atoms with Gasteiger partial charge in [0, 0.05) is 50.1 Å². The zero-order valence-corrected chi connectivity index (χ0v) is 14.3. The molecule has 0 radical (unpaired) electrons. The van der Waals surface area contributed by atoms with Crippen LogP contribution < -0.4 is 5.32 Å². The molecule has 5 heteroatoms. The summed E-state index contributed by atoms with van der Waals surface area (Å²) in [6.45, 7) is 9.84. The number of aromatic nitrogens is 1. The van der Waals surface area contributed by atoms with E-state index in [0.717, 1.165) is 57.5 Å².